The molecule has 0 amide bonds. The first-order valence-corrected chi connectivity index (χ1v) is 7.46. The smallest absolute Gasteiger partial charge is 0.225 e. The first kappa shape index (κ1) is 13.3. The van der Waals surface area contributed by atoms with E-state index in [1.165, 1.54) is 10.4 Å². The zero-order chi connectivity index (χ0) is 14.1. The van der Waals surface area contributed by atoms with E-state index < -0.39 is 0 Å². The Kier molecular flexibility index (Phi) is 3.58. The Labute approximate surface area is 125 Å². The minimum Gasteiger partial charge on any atom is -0.369 e. The van der Waals surface area contributed by atoms with E-state index in [2.05, 4.69) is 33.4 Å². The van der Waals surface area contributed by atoms with Crippen LogP contribution in [0.4, 0.5) is 5.82 Å². The normalized spacial score (nSPS) is 11.2. The number of halogens is 1. The summed E-state index contributed by atoms with van der Waals surface area (Å²) in [6.45, 7) is 2.84. The van der Waals surface area contributed by atoms with Gasteiger partial charge < -0.3 is 5.32 Å². The number of nitrogens with zero attached hydrogens (tertiary/aromatic N) is 4. The molecule has 7 heteroatoms. The van der Waals surface area contributed by atoms with Gasteiger partial charge in [0.2, 0.25) is 5.28 Å². The van der Waals surface area contributed by atoms with Gasteiger partial charge in [0.25, 0.3) is 0 Å². The molecule has 0 spiro atoms. The Morgan fingerprint density at radius 2 is 2.25 bits per heavy atom. The summed E-state index contributed by atoms with van der Waals surface area (Å²) in [6, 6.07) is 2.09. The first-order chi connectivity index (χ1) is 9.61. The van der Waals surface area contributed by atoms with E-state index in [9.17, 15) is 0 Å². The number of hydrogen-bond donors (Lipinski definition) is 1. The van der Waals surface area contributed by atoms with Crippen LogP contribution in [0.2, 0.25) is 5.28 Å². The van der Waals surface area contributed by atoms with Crippen LogP contribution in [-0.4, -0.2) is 26.3 Å². The lowest BCUT2D eigenvalue weighted by Gasteiger charge is -2.06. The van der Waals surface area contributed by atoms with Crippen molar-refractivity contribution in [2.75, 3.05) is 11.9 Å². The lowest BCUT2D eigenvalue weighted by molar-refractivity contribution is 0.767. The summed E-state index contributed by atoms with van der Waals surface area (Å²) in [7, 11) is 1.92. The molecule has 0 saturated heterocycles. The zero-order valence-corrected chi connectivity index (χ0v) is 12.8. The number of nitrogens with one attached hydrogen (secondary N) is 1. The summed E-state index contributed by atoms with van der Waals surface area (Å²) in [5.41, 5.74) is 1.19. The number of aryl methyl sites for hydroxylation is 2. The SMILES string of the molecule is Cc1cc2c(NCCc3cnn(C)c3)nc(Cl)nc2s1. The molecule has 3 aromatic rings. The van der Waals surface area contributed by atoms with Crippen molar-refractivity contribution >= 4 is 39.0 Å². The second-order valence-electron chi connectivity index (χ2n) is 4.62. The van der Waals surface area contributed by atoms with Gasteiger partial charge >= 0.3 is 0 Å². The topological polar surface area (TPSA) is 55.6 Å². The van der Waals surface area contributed by atoms with Crippen LogP contribution in [0, 0.1) is 6.92 Å². The predicted octanol–water partition coefficient (Wildman–Crippen LogP) is 3.04. The molecule has 0 fully saturated rings. The molecule has 0 radical (unpaired) electrons. The predicted molar refractivity (Wildman–Crippen MR) is 82.6 cm³/mol. The number of thiophene rings is 1. The Balaban J connectivity index is 1.76. The second kappa shape index (κ2) is 5.38. The van der Waals surface area contributed by atoms with Crippen LogP contribution in [0.5, 0.6) is 0 Å². The summed E-state index contributed by atoms with van der Waals surface area (Å²) in [6.07, 6.45) is 4.78. The number of anilines is 1. The van der Waals surface area contributed by atoms with Crippen molar-refractivity contribution in [2.24, 2.45) is 7.05 Å². The molecule has 0 aliphatic heterocycles. The third kappa shape index (κ3) is 2.76. The molecule has 0 aliphatic rings. The maximum absolute atomic E-state index is 5.96. The average Bonchev–Trinajstić information content (AvgIpc) is 2.94. The summed E-state index contributed by atoms with van der Waals surface area (Å²) in [5.74, 6) is 0.799. The number of hydrogen-bond acceptors (Lipinski definition) is 5. The average molecular weight is 308 g/mol. The molecule has 3 aromatic heterocycles. The summed E-state index contributed by atoms with van der Waals surface area (Å²) in [5, 5.41) is 8.80. The van der Waals surface area contributed by atoms with Gasteiger partial charge in [0.05, 0.1) is 11.6 Å². The molecule has 0 atom stereocenters. The zero-order valence-electron chi connectivity index (χ0n) is 11.2. The van der Waals surface area contributed by atoms with Gasteiger partial charge in [0.15, 0.2) is 0 Å². The highest BCUT2D eigenvalue weighted by molar-refractivity contribution is 7.18. The fraction of sp³-hybridized carbons (Fsp3) is 0.308. The monoisotopic (exact) mass is 307 g/mol. The molecule has 0 unspecified atom stereocenters. The fourth-order valence-electron chi connectivity index (χ4n) is 2.08. The van der Waals surface area contributed by atoms with Gasteiger partial charge in [-0.3, -0.25) is 4.68 Å². The van der Waals surface area contributed by atoms with Gasteiger partial charge in [-0.1, -0.05) is 0 Å². The van der Waals surface area contributed by atoms with Crippen LogP contribution in [0.3, 0.4) is 0 Å². The van der Waals surface area contributed by atoms with Crippen LogP contribution in [0.15, 0.2) is 18.5 Å². The van der Waals surface area contributed by atoms with E-state index in [-0.39, 0.29) is 5.28 Å². The highest BCUT2D eigenvalue weighted by Crippen LogP contribution is 2.29. The van der Waals surface area contributed by atoms with Crippen LogP contribution < -0.4 is 5.32 Å². The number of fused-ring (bicyclic) bond motifs is 1. The van der Waals surface area contributed by atoms with Crippen molar-refractivity contribution in [2.45, 2.75) is 13.3 Å². The lowest BCUT2D eigenvalue weighted by Crippen LogP contribution is -2.06. The largest absolute Gasteiger partial charge is 0.369 e. The van der Waals surface area contributed by atoms with Crippen LogP contribution in [-0.2, 0) is 13.5 Å². The summed E-state index contributed by atoms with van der Waals surface area (Å²) in [4.78, 5) is 10.6. The Morgan fingerprint density at radius 3 is 3.00 bits per heavy atom. The Hall–Kier alpha value is -1.66. The highest BCUT2D eigenvalue weighted by atomic mass is 35.5. The van der Waals surface area contributed by atoms with Gasteiger partial charge in [-0.25, -0.2) is 9.97 Å². The van der Waals surface area contributed by atoms with E-state index in [4.69, 9.17) is 11.6 Å². The van der Waals surface area contributed by atoms with Gasteiger partial charge in [0, 0.05) is 24.7 Å². The van der Waals surface area contributed by atoms with Crippen molar-refractivity contribution in [3.05, 3.63) is 34.2 Å². The number of rotatable bonds is 4. The number of aromatic nitrogens is 4. The third-order valence-electron chi connectivity index (χ3n) is 2.95. The minimum absolute atomic E-state index is 0.281. The molecule has 0 saturated carbocycles. The van der Waals surface area contributed by atoms with E-state index >= 15 is 0 Å². The van der Waals surface area contributed by atoms with Crippen molar-refractivity contribution in [3.63, 3.8) is 0 Å². The van der Waals surface area contributed by atoms with E-state index in [0.717, 1.165) is 29.0 Å². The van der Waals surface area contributed by atoms with Crippen LogP contribution >= 0.6 is 22.9 Å². The lowest BCUT2D eigenvalue weighted by atomic mass is 10.2. The third-order valence-corrected chi connectivity index (χ3v) is 4.07. The maximum atomic E-state index is 5.96. The molecular formula is C13H14ClN5S. The minimum atomic E-state index is 0.281. The Morgan fingerprint density at radius 1 is 1.40 bits per heavy atom. The van der Waals surface area contributed by atoms with Gasteiger partial charge in [0.1, 0.15) is 10.6 Å². The van der Waals surface area contributed by atoms with Crippen molar-refractivity contribution < 1.29 is 0 Å². The molecule has 5 nitrogen and oxygen atoms in total. The van der Waals surface area contributed by atoms with Gasteiger partial charge in [-0.05, 0) is 36.6 Å². The van der Waals surface area contributed by atoms with E-state index in [0.29, 0.717) is 0 Å². The quantitative estimate of drug-likeness (QED) is 0.753. The highest BCUT2D eigenvalue weighted by Gasteiger charge is 2.09. The van der Waals surface area contributed by atoms with Crippen LogP contribution in [0.1, 0.15) is 10.4 Å². The molecule has 0 bridgehead atoms. The summed E-state index contributed by atoms with van der Waals surface area (Å²) >= 11 is 7.59. The van der Waals surface area contributed by atoms with Gasteiger partial charge in [-0.2, -0.15) is 5.10 Å². The van der Waals surface area contributed by atoms with E-state index in [1.54, 1.807) is 16.0 Å². The Bertz CT molecular complexity index is 748. The molecule has 3 rings (SSSR count). The first-order valence-electron chi connectivity index (χ1n) is 6.27. The van der Waals surface area contributed by atoms with Crippen molar-refractivity contribution in [3.8, 4) is 0 Å². The molecule has 20 heavy (non-hydrogen) atoms. The molecule has 1 N–H and O–H groups in total. The molecule has 0 aromatic carbocycles. The maximum Gasteiger partial charge on any atom is 0.225 e. The van der Waals surface area contributed by atoms with Crippen LogP contribution in [0.25, 0.3) is 10.2 Å². The van der Waals surface area contributed by atoms with Gasteiger partial charge in [-0.15, -0.1) is 11.3 Å². The van der Waals surface area contributed by atoms with Crippen molar-refractivity contribution in [1.82, 2.24) is 19.7 Å². The van der Waals surface area contributed by atoms with Crippen molar-refractivity contribution in [1.29, 1.82) is 0 Å². The molecular weight excluding hydrogens is 294 g/mol. The second-order valence-corrected chi connectivity index (χ2v) is 6.19. The molecule has 3 heterocycles. The molecule has 104 valence electrons. The van der Waals surface area contributed by atoms with E-state index in [1.807, 2.05) is 19.4 Å². The fourth-order valence-corrected chi connectivity index (χ4v) is 3.18. The summed E-state index contributed by atoms with van der Waals surface area (Å²) < 4.78 is 1.80. The standard InChI is InChI=1S/C13H14ClN5S/c1-8-5-10-11(17-13(14)18-12(10)20-8)15-4-3-9-6-16-19(2)7-9/h5-7H,3-4H2,1-2H3,(H,15,17,18). The molecule has 0 aliphatic carbocycles.